The minimum absolute atomic E-state index is 0.408. The maximum atomic E-state index is 10.8. The molecule has 0 aliphatic heterocycles. The standard InChI is InChI=1S/C12H11BrO3/c1-7(12(14)15)5-8-3-2-4-9-10(13)6-16-11(8)9/h2-4,6-7H,5H2,1H3,(H,14,15). The summed E-state index contributed by atoms with van der Waals surface area (Å²) in [5, 5.41) is 9.86. The number of aliphatic carboxylic acids is 1. The van der Waals surface area contributed by atoms with Crippen molar-refractivity contribution >= 4 is 32.9 Å². The molecule has 1 atom stereocenters. The van der Waals surface area contributed by atoms with Crippen LogP contribution in [0.5, 0.6) is 0 Å². The van der Waals surface area contributed by atoms with Crippen LogP contribution >= 0.6 is 15.9 Å². The summed E-state index contributed by atoms with van der Waals surface area (Å²) in [4.78, 5) is 10.8. The zero-order chi connectivity index (χ0) is 11.7. The quantitative estimate of drug-likeness (QED) is 0.938. The molecule has 2 aromatic rings. The van der Waals surface area contributed by atoms with Gasteiger partial charge < -0.3 is 9.52 Å². The second-order valence-electron chi connectivity index (χ2n) is 3.82. The molecule has 4 heteroatoms. The molecule has 3 nitrogen and oxygen atoms in total. The van der Waals surface area contributed by atoms with Gasteiger partial charge in [-0.25, -0.2) is 0 Å². The Bertz CT molecular complexity index is 530. The van der Waals surface area contributed by atoms with Gasteiger partial charge in [-0.2, -0.15) is 0 Å². The summed E-state index contributed by atoms with van der Waals surface area (Å²) in [6.07, 6.45) is 2.10. The second kappa shape index (κ2) is 4.29. The lowest BCUT2D eigenvalue weighted by molar-refractivity contribution is -0.141. The van der Waals surface area contributed by atoms with E-state index in [9.17, 15) is 4.79 Å². The molecule has 0 saturated heterocycles. The van der Waals surface area contributed by atoms with Gasteiger partial charge in [0.2, 0.25) is 0 Å². The van der Waals surface area contributed by atoms with Crippen molar-refractivity contribution in [3.63, 3.8) is 0 Å². The Morgan fingerprint density at radius 3 is 3.00 bits per heavy atom. The van der Waals surface area contributed by atoms with Crippen molar-refractivity contribution < 1.29 is 14.3 Å². The predicted molar refractivity (Wildman–Crippen MR) is 64.4 cm³/mol. The first-order valence-electron chi connectivity index (χ1n) is 4.97. The van der Waals surface area contributed by atoms with Crippen molar-refractivity contribution in [2.75, 3.05) is 0 Å². The Labute approximate surface area is 101 Å². The summed E-state index contributed by atoms with van der Waals surface area (Å²) in [6.45, 7) is 1.69. The third kappa shape index (κ3) is 1.97. The van der Waals surface area contributed by atoms with Crippen LogP contribution in [-0.2, 0) is 11.2 Å². The molecule has 0 aliphatic rings. The molecule has 0 bridgehead atoms. The minimum atomic E-state index is -0.789. The van der Waals surface area contributed by atoms with Gasteiger partial charge in [0.05, 0.1) is 10.4 Å². The van der Waals surface area contributed by atoms with Crippen LogP contribution in [0.15, 0.2) is 33.4 Å². The van der Waals surface area contributed by atoms with Crippen molar-refractivity contribution in [1.29, 1.82) is 0 Å². The minimum Gasteiger partial charge on any atom is -0.481 e. The van der Waals surface area contributed by atoms with E-state index in [1.807, 2.05) is 18.2 Å². The summed E-state index contributed by atoms with van der Waals surface area (Å²) in [7, 11) is 0. The highest BCUT2D eigenvalue weighted by Crippen LogP contribution is 2.29. The van der Waals surface area contributed by atoms with Gasteiger partial charge in [-0.15, -0.1) is 0 Å². The number of halogens is 1. The molecular formula is C12H11BrO3. The van der Waals surface area contributed by atoms with Crippen molar-refractivity contribution in [2.45, 2.75) is 13.3 Å². The number of benzene rings is 1. The Morgan fingerprint density at radius 2 is 2.31 bits per heavy atom. The van der Waals surface area contributed by atoms with Crippen LogP contribution in [0.25, 0.3) is 11.0 Å². The van der Waals surface area contributed by atoms with Crippen molar-refractivity contribution in [1.82, 2.24) is 0 Å². The third-order valence-corrected chi connectivity index (χ3v) is 3.20. The summed E-state index contributed by atoms with van der Waals surface area (Å²) in [5.74, 6) is -1.20. The van der Waals surface area contributed by atoms with E-state index in [1.54, 1.807) is 13.2 Å². The molecule has 16 heavy (non-hydrogen) atoms. The summed E-state index contributed by atoms with van der Waals surface area (Å²) >= 11 is 3.39. The summed E-state index contributed by atoms with van der Waals surface area (Å²) < 4.78 is 6.32. The zero-order valence-corrected chi connectivity index (χ0v) is 10.3. The fourth-order valence-corrected chi connectivity index (χ4v) is 2.07. The Balaban J connectivity index is 2.41. The molecule has 84 valence electrons. The molecule has 0 radical (unpaired) electrons. The zero-order valence-electron chi connectivity index (χ0n) is 8.74. The monoisotopic (exact) mass is 282 g/mol. The van der Waals surface area contributed by atoms with E-state index in [0.717, 1.165) is 21.0 Å². The van der Waals surface area contributed by atoms with E-state index in [1.165, 1.54) is 0 Å². The number of carbonyl (C=O) groups is 1. The van der Waals surface area contributed by atoms with Crippen LogP contribution in [0.2, 0.25) is 0 Å². The first-order valence-corrected chi connectivity index (χ1v) is 5.76. The number of rotatable bonds is 3. The van der Waals surface area contributed by atoms with E-state index >= 15 is 0 Å². The van der Waals surface area contributed by atoms with Crippen LogP contribution in [0.3, 0.4) is 0 Å². The number of hydrogen-bond donors (Lipinski definition) is 1. The first kappa shape index (κ1) is 11.2. The van der Waals surface area contributed by atoms with Gasteiger partial charge in [0, 0.05) is 5.39 Å². The average molecular weight is 283 g/mol. The molecular weight excluding hydrogens is 272 g/mol. The Kier molecular flexibility index (Phi) is 3.01. The molecule has 1 heterocycles. The summed E-state index contributed by atoms with van der Waals surface area (Å²) in [5.41, 5.74) is 1.69. The van der Waals surface area contributed by atoms with Crippen LogP contribution < -0.4 is 0 Å². The lowest BCUT2D eigenvalue weighted by Gasteiger charge is -2.06. The number of carboxylic acids is 1. The number of hydrogen-bond acceptors (Lipinski definition) is 2. The van der Waals surface area contributed by atoms with E-state index in [-0.39, 0.29) is 0 Å². The molecule has 0 amide bonds. The molecule has 0 fully saturated rings. The number of carboxylic acid groups (broad SMARTS) is 1. The lowest BCUT2D eigenvalue weighted by atomic mass is 10.00. The highest BCUT2D eigenvalue weighted by molar-refractivity contribution is 9.10. The second-order valence-corrected chi connectivity index (χ2v) is 4.68. The van der Waals surface area contributed by atoms with Gasteiger partial charge >= 0.3 is 5.97 Å². The molecule has 0 spiro atoms. The average Bonchev–Trinajstić information content (AvgIpc) is 2.62. The van der Waals surface area contributed by atoms with Crippen molar-refractivity contribution in [3.05, 3.63) is 34.5 Å². The normalized spacial score (nSPS) is 12.9. The highest BCUT2D eigenvalue weighted by Gasteiger charge is 2.15. The highest BCUT2D eigenvalue weighted by atomic mass is 79.9. The lowest BCUT2D eigenvalue weighted by Crippen LogP contribution is -2.12. The number of para-hydroxylation sites is 1. The van der Waals surface area contributed by atoms with E-state index in [0.29, 0.717) is 6.42 Å². The van der Waals surface area contributed by atoms with Gasteiger partial charge in [-0.05, 0) is 34.0 Å². The van der Waals surface area contributed by atoms with E-state index < -0.39 is 11.9 Å². The van der Waals surface area contributed by atoms with Crippen LogP contribution in [0.1, 0.15) is 12.5 Å². The van der Waals surface area contributed by atoms with Gasteiger partial charge in [-0.1, -0.05) is 19.1 Å². The predicted octanol–water partition coefficient (Wildman–Crippen LogP) is 3.46. The fourth-order valence-electron chi connectivity index (χ4n) is 1.66. The van der Waals surface area contributed by atoms with Gasteiger partial charge in [0.15, 0.2) is 0 Å². The van der Waals surface area contributed by atoms with Crippen molar-refractivity contribution in [3.8, 4) is 0 Å². The van der Waals surface area contributed by atoms with Gasteiger partial charge in [0.1, 0.15) is 11.8 Å². The largest absolute Gasteiger partial charge is 0.481 e. The molecule has 2 rings (SSSR count). The third-order valence-electron chi connectivity index (χ3n) is 2.58. The topological polar surface area (TPSA) is 50.4 Å². The smallest absolute Gasteiger partial charge is 0.306 e. The molecule has 0 saturated carbocycles. The van der Waals surface area contributed by atoms with E-state index in [4.69, 9.17) is 9.52 Å². The molecule has 1 aromatic carbocycles. The Morgan fingerprint density at radius 1 is 1.56 bits per heavy atom. The molecule has 1 unspecified atom stereocenters. The molecule has 1 N–H and O–H groups in total. The SMILES string of the molecule is CC(Cc1cccc2c(Br)coc12)C(=O)O. The fraction of sp³-hybridized carbons (Fsp3) is 0.250. The Hall–Kier alpha value is -1.29. The molecule has 0 aliphatic carbocycles. The number of fused-ring (bicyclic) bond motifs is 1. The van der Waals surface area contributed by atoms with Gasteiger partial charge in [-0.3, -0.25) is 4.79 Å². The van der Waals surface area contributed by atoms with Crippen LogP contribution in [0.4, 0.5) is 0 Å². The van der Waals surface area contributed by atoms with Gasteiger partial charge in [0.25, 0.3) is 0 Å². The number of furan rings is 1. The van der Waals surface area contributed by atoms with E-state index in [2.05, 4.69) is 15.9 Å². The summed E-state index contributed by atoms with van der Waals surface area (Å²) in [6, 6.07) is 5.75. The van der Waals surface area contributed by atoms with Crippen LogP contribution in [0, 0.1) is 5.92 Å². The van der Waals surface area contributed by atoms with Crippen molar-refractivity contribution in [2.24, 2.45) is 5.92 Å². The maximum Gasteiger partial charge on any atom is 0.306 e. The maximum absolute atomic E-state index is 10.8. The molecule has 1 aromatic heterocycles. The van der Waals surface area contributed by atoms with Crippen LogP contribution in [-0.4, -0.2) is 11.1 Å². The first-order chi connectivity index (χ1) is 7.59.